The van der Waals surface area contributed by atoms with Gasteiger partial charge in [0.05, 0.1) is 0 Å². The molecular weight excluding hydrogens is 135 g/mol. The third-order valence-corrected chi connectivity index (χ3v) is 1.58. The van der Waals surface area contributed by atoms with Gasteiger partial charge in [-0.25, -0.2) is 5.11 Å². The molecule has 0 atom stereocenters. The minimum Gasteiger partial charge on any atom is -0.227 e. The molecule has 0 heterocycles. The lowest BCUT2D eigenvalue weighted by Crippen LogP contribution is -2.25. The van der Waals surface area contributed by atoms with Crippen LogP contribution in [0, 0.1) is 0 Å². The lowest BCUT2D eigenvalue weighted by Gasteiger charge is -2.13. The zero-order valence-corrected chi connectivity index (χ0v) is 5.75. The highest BCUT2D eigenvalue weighted by Crippen LogP contribution is 2.18. The van der Waals surface area contributed by atoms with Crippen molar-refractivity contribution in [2.24, 2.45) is 0 Å². The van der Waals surface area contributed by atoms with Crippen LogP contribution in [0.2, 0.25) is 0 Å². The Morgan fingerprint density at radius 2 is 1.57 bits per heavy atom. The van der Waals surface area contributed by atoms with E-state index in [9.17, 15) is 5.11 Å². The van der Waals surface area contributed by atoms with Crippen molar-refractivity contribution in [2.75, 3.05) is 0 Å². The van der Waals surface area contributed by atoms with Crippen LogP contribution in [-0.2, 0) is 5.11 Å². The van der Waals surface area contributed by atoms with Crippen LogP contribution in [0.1, 0.15) is 13.8 Å². The average molecular weight is 142 g/mol. The summed E-state index contributed by atoms with van der Waals surface area (Å²) < 4.78 is 0. The number of alkyl halides is 2. The summed E-state index contributed by atoms with van der Waals surface area (Å²) in [4.78, 5) is -0.812. The molecule has 0 rings (SSSR count). The Hall–Kier alpha value is 0.540. The number of hydrogen-bond donors (Lipinski definition) is 0. The fraction of sp³-hybridized carbons (Fsp3) is 1.00. The largest absolute Gasteiger partial charge is 0.227 e. The topological polar surface area (TPSA) is 19.9 Å². The molecule has 0 aromatic rings. The van der Waals surface area contributed by atoms with E-state index >= 15 is 0 Å². The van der Waals surface area contributed by atoms with Crippen molar-refractivity contribution in [3.63, 3.8) is 0 Å². The van der Waals surface area contributed by atoms with Gasteiger partial charge < -0.3 is 0 Å². The lowest BCUT2D eigenvalue weighted by atomic mass is 10.2. The van der Waals surface area contributed by atoms with E-state index in [4.69, 9.17) is 23.2 Å². The Morgan fingerprint density at radius 1 is 1.43 bits per heavy atom. The van der Waals surface area contributed by atoms with Crippen molar-refractivity contribution in [3.05, 3.63) is 0 Å². The lowest BCUT2D eigenvalue weighted by molar-refractivity contribution is 0.0166. The summed E-state index contributed by atoms with van der Waals surface area (Å²) in [7, 11) is 0. The zero-order chi connectivity index (χ0) is 6.08. The van der Waals surface area contributed by atoms with Crippen LogP contribution in [0.15, 0.2) is 0 Å². The predicted molar refractivity (Wildman–Crippen MR) is 30.3 cm³/mol. The van der Waals surface area contributed by atoms with Crippen LogP contribution in [0.25, 0.3) is 0 Å². The van der Waals surface area contributed by atoms with E-state index in [-0.39, 0.29) is 0 Å². The van der Waals surface area contributed by atoms with Gasteiger partial charge in [-0.05, 0) is 13.8 Å². The highest BCUT2D eigenvalue weighted by atomic mass is 35.5. The van der Waals surface area contributed by atoms with E-state index in [1.54, 1.807) is 0 Å². The number of hydrogen-bond acceptors (Lipinski definition) is 0. The quantitative estimate of drug-likeness (QED) is 0.499. The number of halogens is 2. The normalized spacial score (nSPS) is 12.9. The summed E-state index contributed by atoms with van der Waals surface area (Å²) in [6.07, 6.45) is 0. The third-order valence-electron chi connectivity index (χ3n) is 0.526. The molecule has 1 nitrogen and oxygen atoms in total. The van der Waals surface area contributed by atoms with E-state index < -0.39 is 10.4 Å². The molecule has 0 aliphatic rings. The van der Waals surface area contributed by atoms with E-state index in [1.165, 1.54) is 13.8 Å². The van der Waals surface area contributed by atoms with Gasteiger partial charge in [0.2, 0.25) is 0 Å². The highest BCUT2D eigenvalue weighted by Gasteiger charge is 2.23. The molecule has 0 aliphatic heterocycles. The van der Waals surface area contributed by atoms with Crippen molar-refractivity contribution in [1.29, 1.82) is 0 Å². The molecule has 0 aliphatic carbocycles. The molecule has 0 spiro atoms. The fourth-order valence-corrected chi connectivity index (χ4v) is 0. The third kappa shape index (κ3) is 3.15. The van der Waals surface area contributed by atoms with Gasteiger partial charge in [-0.3, -0.25) is 0 Å². The second-order valence-corrected chi connectivity index (χ2v) is 3.00. The summed E-state index contributed by atoms with van der Waals surface area (Å²) >= 11 is 10.4. The first-order valence-electron chi connectivity index (χ1n) is 1.93. The molecule has 0 amide bonds. The molecule has 3 heteroatoms. The maximum atomic E-state index is 10.5. The SMILES string of the molecule is CC(C)([O])C(Cl)Cl. The smallest absolute Gasteiger partial charge is 0.139 e. The second-order valence-electron chi connectivity index (χ2n) is 1.90. The highest BCUT2D eigenvalue weighted by molar-refractivity contribution is 6.45. The van der Waals surface area contributed by atoms with Gasteiger partial charge in [-0.15, -0.1) is 23.2 Å². The van der Waals surface area contributed by atoms with Crippen LogP contribution >= 0.6 is 23.2 Å². The summed E-state index contributed by atoms with van der Waals surface area (Å²) in [5.74, 6) is 0. The minimum atomic E-state index is -1.22. The summed E-state index contributed by atoms with van der Waals surface area (Å²) in [6.45, 7) is 2.88. The average Bonchev–Trinajstić information content (AvgIpc) is 1.31. The molecule has 0 unspecified atom stereocenters. The van der Waals surface area contributed by atoms with Crippen LogP contribution in [-0.4, -0.2) is 10.4 Å². The van der Waals surface area contributed by atoms with Gasteiger partial charge in [0.15, 0.2) is 0 Å². The molecule has 0 aromatic heterocycles. The monoisotopic (exact) mass is 141 g/mol. The van der Waals surface area contributed by atoms with Crippen LogP contribution in [0.4, 0.5) is 0 Å². The molecule has 0 aromatic carbocycles. The molecule has 0 saturated heterocycles. The molecule has 0 N–H and O–H groups in total. The van der Waals surface area contributed by atoms with Gasteiger partial charge in [0, 0.05) is 0 Å². The van der Waals surface area contributed by atoms with Gasteiger partial charge in [-0.2, -0.15) is 0 Å². The Morgan fingerprint density at radius 3 is 1.57 bits per heavy atom. The summed E-state index contributed by atoms with van der Waals surface area (Å²) in [5, 5.41) is 10.5. The maximum Gasteiger partial charge on any atom is 0.139 e. The maximum absolute atomic E-state index is 10.5. The van der Waals surface area contributed by atoms with Crippen molar-refractivity contribution in [1.82, 2.24) is 0 Å². The molecular formula is C4H7Cl2O. The summed E-state index contributed by atoms with van der Waals surface area (Å²) in [5.41, 5.74) is -1.22. The number of rotatable bonds is 1. The fourth-order valence-electron chi connectivity index (χ4n) is 0. The molecule has 7 heavy (non-hydrogen) atoms. The van der Waals surface area contributed by atoms with E-state index in [0.717, 1.165) is 0 Å². The standard InChI is InChI=1S/C4H7Cl2O/c1-4(2,7)3(5)6/h3H,1-2H3. The van der Waals surface area contributed by atoms with Crippen molar-refractivity contribution < 1.29 is 5.11 Å². The second kappa shape index (κ2) is 2.21. The van der Waals surface area contributed by atoms with Gasteiger partial charge >= 0.3 is 0 Å². The predicted octanol–water partition coefficient (Wildman–Crippen LogP) is 2.00. The Labute approximate surface area is 53.2 Å². The first-order chi connectivity index (χ1) is 2.94. The van der Waals surface area contributed by atoms with Crippen LogP contribution in [0.5, 0.6) is 0 Å². The van der Waals surface area contributed by atoms with Crippen LogP contribution in [0.3, 0.4) is 0 Å². The van der Waals surface area contributed by atoms with Gasteiger partial charge in [0.1, 0.15) is 10.4 Å². The summed E-state index contributed by atoms with van der Waals surface area (Å²) in [6, 6.07) is 0. The van der Waals surface area contributed by atoms with Crippen molar-refractivity contribution in [3.8, 4) is 0 Å². The minimum absolute atomic E-state index is 0.812. The Kier molecular flexibility index (Phi) is 2.38. The Balaban J connectivity index is 3.54. The molecule has 0 fully saturated rings. The first kappa shape index (κ1) is 7.54. The van der Waals surface area contributed by atoms with Crippen molar-refractivity contribution in [2.45, 2.75) is 24.3 Å². The molecule has 43 valence electrons. The Bertz CT molecular complexity index is 55.2. The van der Waals surface area contributed by atoms with Gasteiger partial charge in [-0.1, -0.05) is 0 Å². The van der Waals surface area contributed by atoms with E-state index in [0.29, 0.717) is 0 Å². The van der Waals surface area contributed by atoms with Crippen molar-refractivity contribution >= 4 is 23.2 Å². The zero-order valence-electron chi connectivity index (χ0n) is 4.24. The first-order valence-corrected chi connectivity index (χ1v) is 2.80. The molecule has 0 bridgehead atoms. The van der Waals surface area contributed by atoms with E-state index in [1.807, 2.05) is 0 Å². The van der Waals surface area contributed by atoms with Gasteiger partial charge in [0.25, 0.3) is 0 Å². The molecule has 1 radical (unpaired) electrons. The molecule has 0 saturated carbocycles. The van der Waals surface area contributed by atoms with Crippen LogP contribution < -0.4 is 0 Å². The van der Waals surface area contributed by atoms with E-state index in [2.05, 4.69) is 0 Å².